The third kappa shape index (κ3) is 8.02. The van der Waals surface area contributed by atoms with Crippen molar-refractivity contribution in [3.63, 3.8) is 0 Å². The SMILES string of the molecule is CNc1ccc(F)c(C(F)(F)F)c1.COc1ccc(C#CCO)cc1C(=O)Nc1c(C=O)sc2cc(C(F)(F)F)ccc12. The highest BCUT2D eigenvalue weighted by Crippen LogP contribution is 2.39. The van der Waals surface area contributed by atoms with Gasteiger partial charge < -0.3 is 20.5 Å². The zero-order valence-electron chi connectivity index (χ0n) is 22.2. The molecule has 3 N–H and O–H groups in total. The normalized spacial score (nSPS) is 11.1. The molecule has 0 saturated heterocycles. The van der Waals surface area contributed by atoms with Crippen LogP contribution in [0.1, 0.15) is 36.7 Å². The van der Waals surface area contributed by atoms with Gasteiger partial charge >= 0.3 is 12.4 Å². The van der Waals surface area contributed by atoms with Crippen LogP contribution < -0.4 is 15.4 Å². The Bertz CT molecular complexity index is 1700. The van der Waals surface area contributed by atoms with E-state index in [9.17, 15) is 40.3 Å². The highest BCUT2D eigenvalue weighted by molar-refractivity contribution is 7.21. The van der Waals surface area contributed by atoms with E-state index in [-0.39, 0.29) is 38.9 Å². The summed E-state index contributed by atoms with van der Waals surface area (Å²) in [6.45, 7) is -0.350. The number of rotatable bonds is 5. The number of aldehydes is 1. The molecule has 0 bridgehead atoms. The van der Waals surface area contributed by atoms with Gasteiger partial charge in [-0.1, -0.05) is 17.9 Å². The fourth-order valence-corrected chi connectivity index (χ4v) is 4.70. The number of carbonyl (C=O) groups excluding carboxylic acids is 2. The van der Waals surface area contributed by atoms with Crippen molar-refractivity contribution in [2.75, 3.05) is 31.4 Å². The molecule has 1 amide bonds. The minimum atomic E-state index is -4.64. The number of nitrogens with one attached hydrogen (secondary N) is 2. The summed E-state index contributed by atoms with van der Waals surface area (Å²) in [5.74, 6) is 3.51. The van der Waals surface area contributed by atoms with E-state index < -0.39 is 35.2 Å². The summed E-state index contributed by atoms with van der Waals surface area (Å²) >= 11 is 0.851. The molecule has 0 aliphatic rings. The molecule has 4 aromatic rings. The highest BCUT2D eigenvalue weighted by atomic mass is 32.1. The van der Waals surface area contributed by atoms with Gasteiger partial charge in [0, 0.05) is 28.4 Å². The Kier molecular flexibility index (Phi) is 10.4. The number of fused-ring (bicyclic) bond motifs is 1. The zero-order chi connectivity index (χ0) is 31.9. The summed E-state index contributed by atoms with van der Waals surface area (Å²) in [5, 5.41) is 14.2. The fraction of sp³-hybridized carbons (Fsp3) is 0.172. The van der Waals surface area contributed by atoms with Crippen molar-refractivity contribution in [3.05, 3.63) is 87.5 Å². The Morgan fingerprint density at radius 2 is 1.74 bits per heavy atom. The number of aliphatic hydroxyl groups excluding tert-OH is 1. The van der Waals surface area contributed by atoms with Crippen LogP contribution in [0, 0.1) is 17.7 Å². The third-order valence-corrected chi connectivity index (χ3v) is 6.78. The maximum absolute atomic E-state index is 13.0. The molecule has 3 aromatic carbocycles. The van der Waals surface area contributed by atoms with Crippen molar-refractivity contribution < 1.29 is 50.2 Å². The predicted octanol–water partition coefficient (Wildman–Crippen LogP) is 7.22. The molecule has 14 heteroatoms. The van der Waals surface area contributed by atoms with Crippen LogP contribution in [0.2, 0.25) is 0 Å². The number of ether oxygens (including phenoxy) is 1. The summed E-state index contributed by atoms with van der Waals surface area (Å²) in [5.41, 5.74) is -1.17. The highest BCUT2D eigenvalue weighted by Gasteiger charge is 2.34. The quantitative estimate of drug-likeness (QED) is 0.124. The lowest BCUT2D eigenvalue weighted by molar-refractivity contribution is -0.140. The summed E-state index contributed by atoms with van der Waals surface area (Å²) in [4.78, 5) is 24.4. The van der Waals surface area contributed by atoms with E-state index in [1.165, 1.54) is 38.4 Å². The predicted molar refractivity (Wildman–Crippen MR) is 148 cm³/mol. The van der Waals surface area contributed by atoms with Gasteiger partial charge in [-0.3, -0.25) is 9.59 Å². The molecule has 0 aliphatic heterocycles. The van der Waals surface area contributed by atoms with Crippen LogP contribution in [0.25, 0.3) is 10.1 Å². The first kappa shape index (κ1) is 32.9. The molecular formula is C29H21F7N2O4S. The number of amides is 1. The molecule has 43 heavy (non-hydrogen) atoms. The van der Waals surface area contributed by atoms with Crippen LogP contribution in [0.5, 0.6) is 5.75 Å². The molecular weight excluding hydrogens is 605 g/mol. The molecule has 4 rings (SSSR count). The number of carbonyl (C=O) groups is 2. The minimum absolute atomic E-state index is 0.0906. The van der Waals surface area contributed by atoms with Crippen molar-refractivity contribution >= 4 is 45.0 Å². The third-order valence-electron chi connectivity index (χ3n) is 5.71. The van der Waals surface area contributed by atoms with Crippen molar-refractivity contribution in [2.24, 2.45) is 0 Å². The fourth-order valence-electron chi connectivity index (χ4n) is 3.69. The van der Waals surface area contributed by atoms with Gasteiger partial charge in [0.05, 0.1) is 34.4 Å². The Hall–Kier alpha value is -4.61. The maximum atomic E-state index is 13.0. The van der Waals surface area contributed by atoms with Gasteiger partial charge in [0.25, 0.3) is 5.91 Å². The summed E-state index contributed by atoms with van der Waals surface area (Å²) < 4.78 is 93.3. The Morgan fingerprint density at radius 3 is 2.33 bits per heavy atom. The minimum Gasteiger partial charge on any atom is -0.496 e. The van der Waals surface area contributed by atoms with Gasteiger partial charge in [0.2, 0.25) is 0 Å². The zero-order valence-corrected chi connectivity index (χ0v) is 23.0. The van der Waals surface area contributed by atoms with Crippen molar-refractivity contribution in [1.82, 2.24) is 0 Å². The number of methoxy groups -OCH3 is 1. The Balaban J connectivity index is 0.000000326. The maximum Gasteiger partial charge on any atom is 0.419 e. The lowest BCUT2D eigenvalue weighted by Crippen LogP contribution is -2.14. The van der Waals surface area contributed by atoms with Crippen LogP contribution in [0.15, 0.2) is 54.6 Å². The lowest BCUT2D eigenvalue weighted by atomic mass is 10.1. The van der Waals surface area contributed by atoms with Gasteiger partial charge in [0.15, 0.2) is 6.29 Å². The van der Waals surface area contributed by atoms with Crippen LogP contribution in [-0.2, 0) is 12.4 Å². The molecule has 0 spiro atoms. The molecule has 6 nitrogen and oxygen atoms in total. The first-order valence-electron chi connectivity index (χ1n) is 12.0. The number of thiophene rings is 1. The van der Waals surface area contributed by atoms with E-state index >= 15 is 0 Å². The smallest absolute Gasteiger partial charge is 0.419 e. The van der Waals surface area contributed by atoms with Gasteiger partial charge in [-0.05, 0) is 48.5 Å². The van der Waals surface area contributed by atoms with Gasteiger partial charge in [-0.15, -0.1) is 11.3 Å². The van der Waals surface area contributed by atoms with E-state index in [0.29, 0.717) is 17.2 Å². The molecule has 226 valence electrons. The molecule has 1 aromatic heterocycles. The van der Waals surface area contributed by atoms with E-state index in [0.717, 1.165) is 35.6 Å². The van der Waals surface area contributed by atoms with Gasteiger partial charge in [-0.25, -0.2) is 4.39 Å². The second-order valence-electron chi connectivity index (χ2n) is 8.44. The summed E-state index contributed by atoms with van der Waals surface area (Å²) in [6.07, 6.45) is -8.68. The van der Waals surface area contributed by atoms with E-state index in [4.69, 9.17) is 9.84 Å². The average Bonchev–Trinajstić information content (AvgIpc) is 3.32. The number of alkyl halides is 6. The first-order valence-corrected chi connectivity index (χ1v) is 12.8. The molecule has 0 saturated carbocycles. The number of hydrogen-bond acceptors (Lipinski definition) is 6. The van der Waals surface area contributed by atoms with Crippen molar-refractivity contribution in [2.45, 2.75) is 12.4 Å². The average molecular weight is 627 g/mol. The number of benzene rings is 3. The van der Waals surface area contributed by atoms with E-state index in [2.05, 4.69) is 22.5 Å². The molecule has 0 radical (unpaired) electrons. The Labute approximate surface area is 244 Å². The second kappa shape index (κ2) is 13.6. The number of aliphatic hydroxyl groups is 1. The number of halogens is 7. The Morgan fingerprint density at radius 1 is 1.02 bits per heavy atom. The monoisotopic (exact) mass is 626 g/mol. The van der Waals surface area contributed by atoms with Crippen LogP contribution in [0.3, 0.4) is 0 Å². The summed E-state index contributed by atoms with van der Waals surface area (Å²) in [6, 6.07) is 10.4. The van der Waals surface area contributed by atoms with E-state index in [1.54, 1.807) is 6.07 Å². The second-order valence-corrected chi connectivity index (χ2v) is 9.52. The van der Waals surface area contributed by atoms with Crippen molar-refractivity contribution in [3.8, 4) is 17.6 Å². The van der Waals surface area contributed by atoms with Crippen LogP contribution in [0.4, 0.5) is 42.1 Å². The van der Waals surface area contributed by atoms with Crippen LogP contribution >= 0.6 is 11.3 Å². The molecule has 0 fully saturated rings. The first-order chi connectivity index (χ1) is 20.2. The van der Waals surface area contributed by atoms with E-state index in [1.807, 2.05) is 0 Å². The number of hydrogen-bond donors (Lipinski definition) is 3. The molecule has 0 aliphatic carbocycles. The topological polar surface area (TPSA) is 87.7 Å². The number of anilines is 2. The molecule has 1 heterocycles. The standard InChI is InChI=1S/C21H14F3NO4S.C8H7F4N/c1-29-16-7-4-12(3-2-8-26)9-15(16)20(28)25-19-14-6-5-13(21(22,23)24)10-17(14)30-18(19)11-27;1-13-5-2-3-7(9)6(4-5)8(10,11)12/h4-7,9-11,26H,8H2,1H3,(H,25,28);2-4,13H,1H3. The largest absolute Gasteiger partial charge is 0.496 e. The van der Waals surface area contributed by atoms with Gasteiger partial charge in [0.1, 0.15) is 18.2 Å². The molecule has 0 unspecified atom stereocenters. The van der Waals surface area contributed by atoms with Crippen LogP contribution in [-0.4, -0.2) is 38.1 Å². The molecule has 0 atom stereocenters. The summed E-state index contributed by atoms with van der Waals surface area (Å²) in [7, 11) is 2.84. The van der Waals surface area contributed by atoms with Crippen molar-refractivity contribution in [1.29, 1.82) is 0 Å². The van der Waals surface area contributed by atoms with Gasteiger partial charge in [-0.2, -0.15) is 26.3 Å². The lowest BCUT2D eigenvalue weighted by Gasteiger charge is -2.10.